The molecule has 2 N–H and O–H groups in total. The van der Waals surface area contributed by atoms with Crippen molar-refractivity contribution < 1.29 is 4.79 Å². The van der Waals surface area contributed by atoms with E-state index in [1.165, 1.54) is 5.56 Å². The van der Waals surface area contributed by atoms with Crippen molar-refractivity contribution in [3.8, 4) is 0 Å². The van der Waals surface area contributed by atoms with Gasteiger partial charge < -0.3 is 10.6 Å². The highest BCUT2D eigenvalue weighted by atomic mass is 79.9. The Balaban J connectivity index is 2.00. The van der Waals surface area contributed by atoms with Gasteiger partial charge in [-0.15, -0.1) is 0 Å². The van der Waals surface area contributed by atoms with E-state index in [-0.39, 0.29) is 5.91 Å². The summed E-state index contributed by atoms with van der Waals surface area (Å²) in [6.45, 7) is 0.727. The van der Waals surface area contributed by atoms with E-state index in [0.717, 1.165) is 21.2 Å². The van der Waals surface area contributed by atoms with Crippen LogP contribution in [-0.2, 0) is 6.54 Å². The fourth-order valence-electron chi connectivity index (χ4n) is 1.74. The summed E-state index contributed by atoms with van der Waals surface area (Å²) >= 11 is 6.94. The van der Waals surface area contributed by atoms with Crippen molar-refractivity contribution in [1.29, 1.82) is 0 Å². The summed E-state index contributed by atoms with van der Waals surface area (Å²) in [5.74, 6) is -0.0756. The Kier molecular flexibility index (Phi) is 5.20. The van der Waals surface area contributed by atoms with Crippen molar-refractivity contribution >= 4 is 43.5 Å². The average Bonchev–Trinajstić information content (AvgIpc) is 2.48. The van der Waals surface area contributed by atoms with Gasteiger partial charge in [0.25, 0.3) is 5.91 Å². The van der Waals surface area contributed by atoms with Crippen LogP contribution in [-0.4, -0.2) is 13.0 Å². The van der Waals surface area contributed by atoms with Gasteiger partial charge in [0.05, 0.1) is 0 Å². The highest BCUT2D eigenvalue weighted by Crippen LogP contribution is 2.24. The second-order valence-corrected chi connectivity index (χ2v) is 5.97. The van der Waals surface area contributed by atoms with Crippen LogP contribution in [0.2, 0.25) is 0 Å². The first-order valence-corrected chi connectivity index (χ1v) is 7.68. The minimum atomic E-state index is -0.0756. The maximum absolute atomic E-state index is 11.4. The molecule has 0 spiro atoms. The maximum atomic E-state index is 11.4. The van der Waals surface area contributed by atoms with Gasteiger partial charge in [-0.2, -0.15) is 0 Å². The SMILES string of the molecule is CNC(=O)c1ccc(NCc2ccc(Br)c(Br)c2)cc1. The summed E-state index contributed by atoms with van der Waals surface area (Å²) in [4.78, 5) is 11.4. The normalized spacial score (nSPS) is 10.2. The van der Waals surface area contributed by atoms with E-state index in [1.54, 1.807) is 19.2 Å². The van der Waals surface area contributed by atoms with E-state index < -0.39 is 0 Å². The summed E-state index contributed by atoms with van der Waals surface area (Å²) in [5.41, 5.74) is 2.82. The van der Waals surface area contributed by atoms with Gasteiger partial charge in [-0.3, -0.25) is 4.79 Å². The minimum Gasteiger partial charge on any atom is -0.381 e. The largest absolute Gasteiger partial charge is 0.381 e. The van der Waals surface area contributed by atoms with E-state index in [1.807, 2.05) is 18.2 Å². The number of benzene rings is 2. The number of carbonyl (C=O) groups excluding carboxylic acids is 1. The standard InChI is InChI=1S/C15H14Br2N2O/c1-18-15(20)11-3-5-12(6-4-11)19-9-10-2-7-13(16)14(17)8-10/h2-8,19H,9H2,1H3,(H,18,20). The van der Waals surface area contributed by atoms with E-state index in [0.29, 0.717) is 5.56 Å². The lowest BCUT2D eigenvalue weighted by Crippen LogP contribution is -2.17. The Bertz CT molecular complexity index is 612. The number of rotatable bonds is 4. The van der Waals surface area contributed by atoms with Crippen molar-refractivity contribution in [2.45, 2.75) is 6.54 Å². The lowest BCUT2D eigenvalue weighted by atomic mass is 10.2. The molecule has 0 saturated carbocycles. The lowest BCUT2D eigenvalue weighted by Gasteiger charge is -2.08. The fraction of sp³-hybridized carbons (Fsp3) is 0.133. The highest BCUT2D eigenvalue weighted by Gasteiger charge is 2.02. The first-order chi connectivity index (χ1) is 9.60. The topological polar surface area (TPSA) is 41.1 Å². The van der Waals surface area contributed by atoms with Crippen molar-refractivity contribution in [1.82, 2.24) is 5.32 Å². The summed E-state index contributed by atoms with van der Waals surface area (Å²) in [6.07, 6.45) is 0. The van der Waals surface area contributed by atoms with Crippen molar-refractivity contribution in [2.24, 2.45) is 0 Å². The number of anilines is 1. The third-order valence-corrected chi connectivity index (χ3v) is 4.73. The van der Waals surface area contributed by atoms with Crippen LogP contribution >= 0.6 is 31.9 Å². The first-order valence-electron chi connectivity index (χ1n) is 6.10. The Morgan fingerprint density at radius 1 is 1.05 bits per heavy atom. The molecular formula is C15H14Br2N2O. The van der Waals surface area contributed by atoms with E-state index in [4.69, 9.17) is 0 Å². The molecule has 1 amide bonds. The van der Waals surface area contributed by atoms with Gasteiger partial charge in [0.2, 0.25) is 0 Å². The molecule has 5 heteroatoms. The summed E-state index contributed by atoms with van der Waals surface area (Å²) in [7, 11) is 1.62. The summed E-state index contributed by atoms with van der Waals surface area (Å²) < 4.78 is 2.07. The van der Waals surface area contributed by atoms with Gasteiger partial charge in [-0.25, -0.2) is 0 Å². The Morgan fingerprint density at radius 3 is 2.35 bits per heavy atom. The zero-order chi connectivity index (χ0) is 14.5. The molecule has 3 nitrogen and oxygen atoms in total. The van der Waals surface area contributed by atoms with Crippen LogP contribution in [0.25, 0.3) is 0 Å². The van der Waals surface area contributed by atoms with Gasteiger partial charge in [0.15, 0.2) is 0 Å². The number of halogens is 2. The molecule has 20 heavy (non-hydrogen) atoms. The molecule has 2 rings (SSSR count). The van der Waals surface area contributed by atoms with Gasteiger partial charge >= 0.3 is 0 Å². The van der Waals surface area contributed by atoms with Gasteiger partial charge in [0, 0.05) is 33.8 Å². The second-order valence-electron chi connectivity index (χ2n) is 4.26. The van der Waals surface area contributed by atoms with E-state index in [9.17, 15) is 4.79 Å². The molecule has 0 atom stereocenters. The molecule has 0 heterocycles. The third-order valence-electron chi connectivity index (χ3n) is 2.85. The minimum absolute atomic E-state index is 0.0756. The zero-order valence-corrected chi connectivity index (χ0v) is 14.1. The number of nitrogens with one attached hydrogen (secondary N) is 2. The molecule has 0 aromatic heterocycles. The molecule has 2 aromatic carbocycles. The van der Waals surface area contributed by atoms with Crippen LogP contribution in [0.5, 0.6) is 0 Å². The smallest absolute Gasteiger partial charge is 0.251 e. The average molecular weight is 398 g/mol. The number of amides is 1. The van der Waals surface area contributed by atoms with Crippen molar-refractivity contribution in [2.75, 3.05) is 12.4 Å². The van der Waals surface area contributed by atoms with Gasteiger partial charge in [-0.05, 0) is 73.8 Å². The molecule has 0 saturated heterocycles. The fourth-order valence-corrected chi connectivity index (χ4v) is 2.41. The molecule has 0 aliphatic carbocycles. The van der Waals surface area contributed by atoms with Crippen LogP contribution in [0, 0.1) is 0 Å². The Labute approximate surface area is 135 Å². The molecule has 104 valence electrons. The van der Waals surface area contributed by atoms with Crippen LogP contribution < -0.4 is 10.6 Å². The molecule has 0 fully saturated rings. The van der Waals surface area contributed by atoms with Crippen LogP contribution in [0.1, 0.15) is 15.9 Å². The molecular weight excluding hydrogens is 384 g/mol. The van der Waals surface area contributed by atoms with E-state index in [2.05, 4.69) is 54.6 Å². The molecule has 0 radical (unpaired) electrons. The van der Waals surface area contributed by atoms with Crippen molar-refractivity contribution in [3.63, 3.8) is 0 Å². The third kappa shape index (κ3) is 3.84. The number of hydrogen-bond donors (Lipinski definition) is 2. The number of carbonyl (C=O) groups is 1. The van der Waals surface area contributed by atoms with Gasteiger partial charge in [-0.1, -0.05) is 6.07 Å². The Morgan fingerprint density at radius 2 is 1.75 bits per heavy atom. The molecule has 0 bridgehead atoms. The quantitative estimate of drug-likeness (QED) is 0.812. The monoisotopic (exact) mass is 396 g/mol. The zero-order valence-electron chi connectivity index (χ0n) is 10.9. The number of hydrogen-bond acceptors (Lipinski definition) is 2. The second kappa shape index (κ2) is 6.90. The molecule has 0 aliphatic heterocycles. The molecule has 0 unspecified atom stereocenters. The lowest BCUT2D eigenvalue weighted by molar-refractivity contribution is 0.0963. The summed E-state index contributed by atoms with van der Waals surface area (Å²) in [5, 5.41) is 5.93. The predicted octanol–water partition coefficient (Wildman–Crippen LogP) is 4.18. The predicted molar refractivity (Wildman–Crippen MR) is 89.0 cm³/mol. The van der Waals surface area contributed by atoms with Crippen LogP contribution in [0.3, 0.4) is 0 Å². The highest BCUT2D eigenvalue weighted by molar-refractivity contribution is 9.13. The summed E-state index contributed by atoms with van der Waals surface area (Å²) in [6, 6.07) is 13.5. The van der Waals surface area contributed by atoms with Crippen LogP contribution in [0.4, 0.5) is 5.69 Å². The Hall–Kier alpha value is -1.33. The van der Waals surface area contributed by atoms with Crippen molar-refractivity contribution in [3.05, 3.63) is 62.5 Å². The molecule has 0 aliphatic rings. The van der Waals surface area contributed by atoms with Crippen LogP contribution in [0.15, 0.2) is 51.4 Å². The van der Waals surface area contributed by atoms with E-state index >= 15 is 0 Å². The first kappa shape index (κ1) is 15.1. The van der Waals surface area contributed by atoms with Gasteiger partial charge in [0.1, 0.15) is 0 Å². The molecule has 2 aromatic rings. The maximum Gasteiger partial charge on any atom is 0.251 e.